The van der Waals surface area contributed by atoms with E-state index in [0.29, 0.717) is 18.8 Å². The second-order valence-corrected chi connectivity index (χ2v) is 9.84. The number of nitrogens with one attached hydrogen (secondary N) is 1. The topological polar surface area (TPSA) is 75.7 Å². The van der Waals surface area contributed by atoms with Gasteiger partial charge in [-0.3, -0.25) is 4.79 Å². The lowest BCUT2D eigenvalue weighted by atomic mass is 10.2. The van der Waals surface area contributed by atoms with Crippen LogP contribution >= 0.6 is 11.8 Å². The minimum Gasteiger partial charge on any atom is -0.495 e. The standard InChI is InChI=1S/C24H26N2O4S2/c1-4-26(5-2)32(28,29)23-17-18(15-16-21(23)30-3)24(27)25-20-13-9-10-14-22(20)31-19-11-7-6-8-12-19/h6-17H,4-5H2,1-3H3,(H,25,27). The Kier molecular flexibility index (Phi) is 7.95. The van der Waals surface area contributed by atoms with E-state index in [-0.39, 0.29) is 16.2 Å². The van der Waals surface area contributed by atoms with Crippen LogP contribution < -0.4 is 10.1 Å². The van der Waals surface area contributed by atoms with Crippen molar-refractivity contribution in [3.63, 3.8) is 0 Å². The van der Waals surface area contributed by atoms with Crippen molar-refractivity contribution in [2.45, 2.75) is 28.5 Å². The van der Waals surface area contributed by atoms with Gasteiger partial charge in [-0.2, -0.15) is 4.31 Å². The van der Waals surface area contributed by atoms with E-state index in [1.807, 2.05) is 54.6 Å². The molecule has 0 unspecified atom stereocenters. The predicted molar refractivity (Wildman–Crippen MR) is 128 cm³/mol. The number of hydrogen-bond donors (Lipinski definition) is 1. The summed E-state index contributed by atoms with van der Waals surface area (Å²) in [5, 5.41) is 2.91. The summed E-state index contributed by atoms with van der Waals surface area (Å²) in [6.07, 6.45) is 0. The van der Waals surface area contributed by atoms with Crippen molar-refractivity contribution in [3.05, 3.63) is 78.4 Å². The van der Waals surface area contributed by atoms with Crippen LogP contribution in [0.1, 0.15) is 24.2 Å². The quantitative estimate of drug-likeness (QED) is 0.469. The van der Waals surface area contributed by atoms with Crippen LogP contribution in [-0.2, 0) is 10.0 Å². The van der Waals surface area contributed by atoms with Crippen LogP contribution in [0.3, 0.4) is 0 Å². The van der Waals surface area contributed by atoms with Crippen molar-refractivity contribution >= 4 is 33.4 Å². The molecule has 3 rings (SSSR count). The molecule has 0 spiro atoms. The van der Waals surface area contributed by atoms with Crippen LogP contribution in [0, 0.1) is 0 Å². The molecule has 0 saturated heterocycles. The molecule has 3 aromatic rings. The van der Waals surface area contributed by atoms with Crippen molar-refractivity contribution < 1.29 is 17.9 Å². The highest BCUT2D eigenvalue weighted by molar-refractivity contribution is 7.99. The van der Waals surface area contributed by atoms with E-state index in [1.54, 1.807) is 19.9 Å². The molecule has 1 amide bonds. The zero-order valence-corrected chi connectivity index (χ0v) is 19.9. The van der Waals surface area contributed by atoms with Gasteiger partial charge in [0.05, 0.1) is 12.8 Å². The summed E-state index contributed by atoms with van der Waals surface area (Å²) >= 11 is 1.54. The first-order valence-corrected chi connectivity index (χ1v) is 12.5. The normalized spacial score (nSPS) is 11.4. The van der Waals surface area contributed by atoms with Gasteiger partial charge >= 0.3 is 0 Å². The molecule has 0 heterocycles. The Labute approximate surface area is 193 Å². The Bertz CT molecular complexity index is 1180. The molecule has 6 nitrogen and oxygen atoms in total. The summed E-state index contributed by atoms with van der Waals surface area (Å²) in [5.74, 6) is -0.196. The third-order valence-corrected chi connectivity index (χ3v) is 8.01. The third-order valence-electron chi connectivity index (χ3n) is 4.86. The molecule has 0 radical (unpaired) electrons. The summed E-state index contributed by atoms with van der Waals surface area (Å²) in [6, 6.07) is 21.8. The molecule has 8 heteroatoms. The predicted octanol–water partition coefficient (Wildman–Crippen LogP) is 5.13. The van der Waals surface area contributed by atoms with Crippen molar-refractivity contribution in [1.82, 2.24) is 4.31 Å². The lowest BCUT2D eigenvalue weighted by Gasteiger charge is -2.20. The SMILES string of the molecule is CCN(CC)S(=O)(=O)c1cc(C(=O)Nc2ccccc2Sc2ccccc2)ccc1OC. The molecule has 0 bridgehead atoms. The molecule has 0 atom stereocenters. The second-order valence-electron chi connectivity index (χ2n) is 6.82. The fraction of sp³-hybridized carbons (Fsp3) is 0.208. The lowest BCUT2D eigenvalue weighted by Crippen LogP contribution is -2.31. The number of carbonyl (C=O) groups is 1. The van der Waals surface area contributed by atoms with E-state index in [1.165, 1.54) is 35.3 Å². The van der Waals surface area contributed by atoms with Crippen LogP contribution in [0.5, 0.6) is 5.75 Å². The molecule has 168 valence electrons. The number of benzene rings is 3. The monoisotopic (exact) mass is 470 g/mol. The Morgan fingerprint density at radius 1 is 0.969 bits per heavy atom. The van der Waals surface area contributed by atoms with E-state index in [4.69, 9.17) is 4.74 Å². The van der Waals surface area contributed by atoms with Crippen LogP contribution in [0.4, 0.5) is 5.69 Å². The first-order valence-electron chi connectivity index (χ1n) is 10.2. The maximum atomic E-state index is 13.1. The van der Waals surface area contributed by atoms with E-state index in [0.717, 1.165) is 9.79 Å². The molecule has 3 aromatic carbocycles. The third kappa shape index (κ3) is 5.32. The molecule has 0 aliphatic carbocycles. The lowest BCUT2D eigenvalue weighted by molar-refractivity contribution is 0.102. The van der Waals surface area contributed by atoms with E-state index < -0.39 is 15.9 Å². The molecule has 0 fully saturated rings. The first-order chi connectivity index (χ1) is 15.4. The highest BCUT2D eigenvalue weighted by Crippen LogP contribution is 2.34. The number of sulfonamides is 1. The summed E-state index contributed by atoms with van der Waals surface area (Å²) in [5.41, 5.74) is 0.881. The van der Waals surface area contributed by atoms with E-state index >= 15 is 0 Å². The Morgan fingerprint density at radius 3 is 2.28 bits per heavy atom. The van der Waals surface area contributed by atoms with Crippen molar-refractivity contribution in [3.8, 4) is 5.75 Å². The van der Waals surface area contributed by atoms with Gasteiger partial charge in [-0.05, 0) is 42.5 Å². The van der Waals surface area contributed by atoms with Gasteiger partial charge in [0.25, 0.3) is 5.91 Å². The van der Waals surface area contributed by atoms with E-state index in [9.17, 15) is 13.2 Å². The van der Waals surface area contributed by atoms with Gasteiger partial charge in [-0.1, -0.05) is 55.9 Å². The van der Waals surface area contributed by atoms with Gasteiger partial charge in [0.15, 0.2) is 0 Å². The van der Waals surface area contributed by atoms with Crippen LogP contribution in [0.15, 0.2) is 87.5 Å². The maximum absolute atomic E-state index is 13.1. The fourth-order valence-electron chi connectivity index (χ4n) is 3.19. The van der Waals surface area contributed by atoms with Gasteiger partial charge in [0.1, 0.15) is 10.6 Å². The van der Waals surface area contributed by atoms with Crippen molar-refractivity contribution in [1.29, 1.82) is 0 Å². The van der Waals surface area contributed by atoms with Crippen molar-refractivity contribution in [2.24, 2.45) is 0 Å². The highest BCUT2D eigenvalue weighted by atomic mass is 32.2. The van der Waals surface area contributed by atoms with Gasteiger partial charge in [0.2, 0.25) is 10.0 Å². The number of rotatable bonds is 9. The average molecular weight is 471 g/mol. The fourth-order valence-corrected chi connectivity index (χ4v) is 5.75. The van der Waals surface area contributed by atoms with Gasteiger partial charge in [-0.25, -0.2) is 8.42 Å². The number of para-hydroxylation sites is 1. The summed E-state index contributed by atoms with van der Waals surface area (Å²) < 4.78 is 32.8. The zero-order chi connectivity index (χ0) is 23.1. The number of anilines is 1. The first kappa shape index (κ1) is 23.8. The molecule has 1 N–H and O–H groups in total. The summed E-state index contributed by atoms with van der Waals surface area (Å²) in [7, 11) is -2.39. The smallest absolute Gasteiger partial charge is 0.255 e. The summed E-state index contributed by atoms with van der Waals surface area (Å²) in [6.45, 7) is 4.18. The molecule has 0 aliphatic heterocycles. The average Bonchev–Trinajstić information content (AvgIpc) is 2.81. The minimum absolute atomic E-state index is 0.0247. The molecule has 32 heavy (non-hydrogen) atoms. The second kappa shape index (κ2) is 10.7. The zero-order valence-electron chi connectivity index (χ0n) is 18.2. The van der Waals surface area contributed by atoms with Gasteiger partial charge in [-0.15, -0.1) is 0 Å². The maximum Gasteiger partial charge on any atom is 0.255 e. The Hall–Kier alpha value is -2.81. The van der Waals surface area contributed by atoms with E-state index in [2.05, 4.69) is 5.32 Å². The number of ether oxygens (including phenoxy) is 1. The molecule has 0 saturated carbocycles. The van der Waals surface area contributed by atoms with Gasteiger partial charge in [0, 0.05) is 28.4 Å². The highest BCUT2D eigenvalue weighted by Gasteiger charge is 2.27. The number of methoxy groups -OCH3 is 1. The van der Waals surface area contributed by atoms with Gasteiger partial charge < -0.3 is 10.1 Å². The number of amides is 1. The van der Waals surface area contributed by atoms with Crippen LogP contribution in [0.2, 0.25) is 0 Å². The Morgan fingerprint density at radius 2 is 1.62 bits per heavy atom. The Balaban J connectivity index is 1.91. The number of hydrogen-bond acceptors (Lipinski definition) is 5. The molecule has 0 aliphatic rings. The van der Waals surface area contributed by atoms with Crippen LogP contribution in [-0.4, -0.2) is 38.8 Å². The molecular formula is C24H26N2O4S2. The van der Waals surface area contributed by atoms with Crippen molar-refractivity contribution in [2.75, 3.05) is 25.5 Å². The number of carbonyl (C=O) groups excluding carboxylic acids is 1. The molecular weight excluding hydrogens is 444 g/mol. The summed E-state index contributed by atoms with van der Waals surface area (Å²) in [4.78, 5) is 14.9. The van der Waals surface area contributed by atoms with Crippen LogP contribution in [0.25, 0.3) is 0 Å². The number of nitrogens with zero attached hydrogens (tertiary/aromatic N) is 1. The largest absolute Gasteiger partial charge is 0.495 e. The minimum atomic E-state index is -3.80. The molecule has 0 aromatic heterocycles.